The van der Waals surface area contributed by atoms with Gasteiger partial charge in [-0.25, -0.2) is 4.79 Å². The van der Waals surface area contributed by atoms with Gasteiger partial charge in [-0.1, -0.05) is 0 Å². The van der Waals surface area contributed by atoms with Crippen molar-refractivity contribution < 1.29 is 28.5 Å². The second-order valence-corrected chi connectivity index (χ2v) is 7.53. The maximum Gasteiger partial charge on any atom is 0.514 e. The topological polar surface area (TPSA) is 74.3 Å². The van der Waals surface area contributed by atoms with Crippen LogP contribution in [-0.2, 0) is 9.53 Å². The highest BCUT2D eigenvalue weighted by atomic mass is 16.7. The fourth-order valence-electron chi connectivity index (χ4n) is 2.90. The van der Waals surface area contributed by atoms with Crippen LogP contribution < -0.4 is 14.2 Å². The molecule has 2 heterocycles. The maximum absolute atomic E-state index is 12.4. The van der Waals surface area contributed by atoms with Gasteiger partial charge in [0, 0.05) is 30.8 Å². The van der Waals surface area contributed by atoms with Gasteiger partial charge in [0.25, 0.3) is 0 Å². The van der Waals surface area contributed by atoms with Gasteiger partial charge in [0.15, 0.2) is 11.5 Å². The van der Waals surface area contributed by atoms with E-state index in [2.05, 4.69) is 0 Å². The molecule has 1 aromatic carbocycles. The van der Waals surface area contributed by atoms with Crippen molar-refractivity contribution in [1.82, 2.24) is 4.90 Å². The number of ether oxygens (including phenoxy) is 4. The number of fused-ring (bicyclic) bond motifs is 1. The number of rotatable bonds is 3. The zero-order valence-corrected chi connectivity index (χ0v) is 15.9. The molecular formula is C20H25NO6. The van der Waals surface area contributed by atoms with E-state index in [-0.39, 0.29) is 18.4 Å². The molecular weight excluding hydrogens is 350 g/mol. The summed E-state index contributed by atoms with van der Waals surface area (Å²) in [5, 5.41) is 0. The Bertz CT molecular complexity index is 744. The summed E-state index contributed by atoms with van der Waals surface area (Å²) in [5.41, 5.74) is -0.135. The van der Waals surface area contributed by atoms with Crippen LogP contribution in [0.2, 0.25) is 0 Å². The molecule has 2 aliphatic heterocycles. The van der Waals surface area contributed by atoms with E-state index in [1.165, 1.54) is 6.08 Å². The van der Waals surface area contributed by atoms with Gasteiger partial charge in [-0.3, -0.25) is 4.79 Å². The lowest BCUT2D eigenvalue weighted by molar-refractivity contribution is -0.126. The number of likely N-dealkylation sites (tertiary alicyclic amines) is 1. The first-order chi connectivity index (χ1) is 12.8. The lowest BCUT2D eigenvalue weighted by atomic mass is 10.1. The molecule has 0 unspecified atom stereocenters. The summed E-state index contributed by atoms with van der Waals surface area (Å²) in [6.07, 6.45) is 5.50. The van der Waals surface area contributed by atoms with Gasteiger partial charge in [0.1, 0.15) is 11.4 Å². The zero-order valence-electron chi connectivity index (χ0n) is 15.9. The fraction of sp³-hybridized carbons (Fsp3) is 0.500. The highest BCUT2D eigenvalue weighted by molar-refractivity contribution is 5.92. The van der Waals surface area contributed by atoms with Crippen molar-refractivity contribution in [3.63, 3.8) is 0 Å². The van der Waals surface area contributed by atoms with Crippen molar-refractivity contribution in [2.45, 2.75) is 45.6 Å². The lowest BCUT2D eigenvalue weighted by Gasteiger charge is -2.25. The molecule has 1 fully saturated rings. The number of carbonyl (C=O) groups is 2. The number of amides is 1. The molecule has 2 aliphatic rings. The Morgan fingerprint density at radius 2 is 1.74 bits per heavy atom. The molecule has 0 N–H and O–H groups in total. The van der Waals surface area contributed by atoms with E-state index in [9.17, 15) is 9.59 Å². The first-order valence-electron chi connectivity index (χ1n) is 9.13. The Hall–Kier alpha value is -2.70. The number of hydrogen-bond acceptors (Lipinski definition) is 6. The van der Waals surface area contributed by atoms with Crippen LogP contribution in [0, 0.1) is 0 Å². The van der Waals surface area contributed by atoms with Crippen LogP contribution in [0.15, 0.2) is 18.2 Å². The van der Waals surface area contributed by atoms with E-state index in [1.54, 1.807) is 39.0 Å². The number of nitrogens with zero attached hydrogens (tertiary/aromatic N) is 1. The molecule has 0 radical (unpaired) electrons. The normalized spacial score (nSPS) is 16.5. The second-order valence-electron chi connectivity index (χ2n) is 7.53. The minimum atomic E-state index is -0.821. The zero-order chi connectivity index (χ0) is 19.4. The summed E-state index contributed by atoms with van der Waals surface area (Å²) < 4.78 is 21.3. The van der Waals surface area contributed by atoms with E-state index in [1.807, 2.05) is 4.90 Å². The third-order valence-electron chi connectivity index (χ3n) is 4.16. The van der Waals surface area contributed by atoms with Gasteiger partial charge in [-0.15, -0.1) is 0 Å². The van der Waals surface area contributed by atoms with Crippen molar-refractivity contribution >= 4 is 18.1 Å². The molecule has 7 heteroatoms. The monoisotopic (exact) mass is 375 g/mol. The molecule has 0 aliphatic carbocycles. The SMILES string of the molecule is CC(C)(C)OC(=O)Oc1cc2c(cc1/C=C/C(=O)N1CCCCC1)OCO2. The third-order valence-corrected chi connectivity index (χ3v) is 4.16. The predicted octanol–water partition coefficient (Wildman–Crippen LogP) is 3.75. The minimum absolute atomic E-state index is 0.0596. The Balaban J connectivity index is 1.79. The van der Waals surface area contributed by atoms with Gasteiger partial charge in [-0.05, 0) is 52.2 Å². The molecule has 1 amide bonds. The predicted molar refractivity (Wildman–Crippen MR) is 98.9 cm³/mol. The Morgan fingerprint density at radius 3 is 2.41 bits per heavy atom. The average molecular weight is 375 g/mol. The lowest BCUT2D eigenvalue weighted by Crippen LogP contribution is -2.34. The Morgan fingerprint density at radius 1 is 1.07 bits per heavy atom. The summed E-state index contributed by atoms with van der Waals surface area (Å²) in [4.78, 5) is 26.2. The van der Waals surface area contributed by atoms with Crippen molar-refractivity contribution in [2.75, 3.05) is 19.9 Å². The number of carbonyl (C=O) groups excluding carboxylic acids is 2. The minimum Gasteiger partial charge on any atom is -0.454 e. The summed E-state index contributed by atoms with van der Waals surface area (Å²) in [6.45, 7) is 6.91. The molecule has 1 aromatic rings. The molecule has 0 atom stereocenters. The number of hydrogen-bond donors (Lipinski definition) is 0. The molecule has 0 aromatic heterocycles. The Kier molecular flexibility index (Phi) is 5.58. The number of piperidine rings is 1. The third kappa shape index (κ3) is 5.15. The van der Waals surface area contributed by atoms with Gasteiger partial charge in [0.05, 0.1) is 0 Å². The van der Waals surface area contributed by atoms with Crippen LogP contribution in [-0.4, -0.2) is 42.4 Å². The molecule has 0 saturated carbocycles. The van der Waals surface area contributed by atoms with Crippen molar-refractivity contribution in [3.8, 4) is 17.2 Å². The second kappa shape index (κ2) is 7.90. The molecule has 146 valence electrons. The first-order valence-corrected chi connectivity index (χ1v) is 9.13. The largest absolute Gasteiger partial charge is 0.514 e. The summed E-state index contributed by atoms with van der Waals surface area (Å²) in [5.74, 6) is 1.21. The van der Waals surface area contributed by atoms with E-state index in [0.29, 0.717) is 17.1 Å². The highest BCUT2D eigenvalue weighted by Crippen LogP contribution is 2.39. The van der Waals surface area contributed by atoms with E-state index < -0.39 is 11.8 Å². The molecule has 3 rings (SSSR count). The summed E-state index contributed by atoms with van der Waals surface area (Å²) in [7, 11) is 0. The highest BCUT2D eigenvalue weighted by Gasteiger charge is 2.22. The van der Waals surface area contributed by atoms with Crippen LogP contribution >= 0.6 is 0 Å². The van der Waals surface area contributed by atoms with Crippen molar-refractivity contribution in [1.29, 1.82) is 0 Å². The van der Waals surface area contributed by atoms with Gasteiger partial charge >= 0.3 is 6.16 Å². The summed E-state index contributed by atoms with van der Waals surface area (Å²) >= 11 is 0. The first kappa shape index (κ1) is 19.1. The summed E-state index contributed by atoms with van der Waals surface area (Å²) in [6, 6.07) is 3.25. The van der Waals surface area contributed by atoms with Crippen LogP contribution in [0.25, 0.3) is 6.08 Å². The number of benzene rings is 1. The maximum atomic E-state index is 12.4. The molecule has 0 bridgehead atoms. The fourth-order valence-corrected chi connectivity index (χ4v) is 2.90. The van der Waals surface area contributed by atoms with Crippen molar-refractivity contribution in [3.05, 3.63) is 23.8 Å². The molecule has 0 spiro atoms. The Labute approximate surface area is 158 Å². The average Bonchev–Trinajstić information content (AvgIpc) is 3.05. The van der Waals surface area contributed by atoms with Crippen LogP contribution in [0.4, 0.5) is 4.79 Å². The molecule has 27 heavy (non-hydrogen) atoms. The van der Waals surface area contributed by atoms with E-state index in [4.69, 9.17) is 18.9 Å². The van der Waals surface area contributed by atoms with Crippen LogP contribution in [0.3, 0.4) is 0 Å². The molecule has 1 saturated heterocycles. The smallest absolute Gasteiger partial charge is 0.454 e. The quantitative estimate of drug-likeness (QED) is 0.455. The van der Waals surface area contributed by atoms with Crippen LogP contribution in [0.5, 0.6) is 17.2 Å². The molecule has 7 nitrogen and oxygen atoms in total. The van der Waals surface area contributed by atoms with Gasteiger partial charge in [0.2, 0.25) is 12.7 Å². The van der Waals surface area contributed by atoms with Gasteiger partial charge in [-0.2, -0.15) is 0 Å². The van der Waals surface area contributed by atoms with E-state index in [0.717, 1.165) is 32.4 Å². The van der Waals surface area contributed by atoms with Crippen molar-refractivity contribution in [2.24, 2.45) is 0 Å². The standard InChI is InChI=1S/C20H25NO6/c1-20(2,3)27-19(23)26-15-12-17-16(24-13-25-17)11-14(15)7-8-18(22)21-9-5-4-6-10-21/h7-8,11-12H,4-6,9-10,13H2,1-3H3/b8-7+. The van der Waals surface area contributed by atoms with Crippen LogP contribution in [0.1, 0.15) is 45.6 Å². The van der Waals surface area contributed by atoms with E-state index >= 15 is 0 Å². The van der Waals surface area contributed by atoms with Gasteiger partial charge < -0.3 is 23.8 Å².